The summed E-state index contributed by atoms with van der Waals surface area (Å²) in [5.74, 6) is -0.252. The van der Waals surface area contributed by atoms with Gasteiger partial charge in [0.15, 0.2) is 5.76 Å². The molecule has 0 radical (unpaired) electrons. The number of benzene rings is 2. The van der Waals surface area contributed by atoms with Crippen LogP contribution in [0.1, 0.15) is 42.7 Å². The highest BCUT2D eigenvalue weighted by Crippen LogP contribution is 2.30. The number of hydrogen-bond donors (Lipinski definition) is 2. The summed E-state index contributed by atoms with van der Waals surface area (Å²) >= 11 is 6.01. The van der Waals surface area contributed by atoms with Crippen molar-refractivity contribution in [2.24, 2.45) is 0 Å². The Kier molecular flexibility index (Phi) is 5.27. The third kappa shape index (κ3) is 3.92. The molecule has 2 aromatic heterocycles. The smallest absolute Gasteiger partial charge is 0.291 e. The summed E-state index contributed by atoms with van der Waals surface area (Å²) in [5, 5.41) is 16.1. The second-order valence-electron chi connectivity index (χ2n) is 8.55. The molecule has 1 aliphatic rings. The van der Waals surface area contributed by atoms with E-state index in [0.717, 1.165) is 24.6 Å². The van der Waals surface area contributed by atoms with Gasteiger partial charge < -0.3 is 19.4 Å². The van der Waals surface area contributed by atoms with E-state index in [2.05, 4.69) is 5.32 Å². The number of nitrogens with zero attached hydrogens (tertiary/aromatic N) is 1. The highest BCUT2D eigenvalue weighted by Gasteiger charge is 2.30. The molecule has 6 nitrogen and oxygen atoms in total. The van der Waals surface area contributed by atoms with Crippen LogP contribution in [0, 0.1) is 0 Å². The third-order valence-electron chi connectivity index (χ3n) is 6.22. The van der Waals surface area contributed by atoms with Crippen LogP contribution in [-0.2, 0) is 6.54 Å². The van der Waals surface area contributed by atoms with E-state index in [1.165, 1.54) is 0 Å². The van der Waals surface area contributed by atoms with Crippen molar-refractivity contribution in [1.29, 1.82) is 0 Å². The van der Waals surface area contributed by atoms with E-state index in [9.17, 15) is 14.7 Å². The molecule has 4 aromatic rings. The molecular weight excluding hydrogens is 428 g/mol. The van der Waals surface area contributed by atoms with E-state index in [1.807, 2.05) is 0 Å². The fourth-order valence-corrected chi connectivity index (χ4v) is 4.73. The van der Waals surface area contributed by atoms with Gasteiger partial charge in [0, 0.05) is 33.1 Å². The molecular formula is C25H23ClN2O4. The van der Waals surface area contributed by atoms with Crippen LogP contribution in [-0.4, -0.2) is 21.2 Å². The van der Waals surface area contributed by atoms with Crippen LogP contribution in [0.2, 0.25) is 5.02 Å². The van der Waals surface area contributed by atoms with Gasteiger partial charge in [-0.15, -0.1) is 0 Å². The number of rotatable bonds is 4. The number of carbonyl (C=O) groups excluding carboxylic acids is 1. The number of aromatic nitrogens is 1. The normalized spacial score (nSPS) is 15.8. The molecule has 0 spiro atoms. The largest absolute Gasteiger partial charge is 0.451 e. The summed E-state index contributed by atoms with van der Waals surface area (Å²) in [5.41, 5.74) is 0.0646. The number of anilines is 1. The number of aliphatic hydroxyl groups is 1. The van der Waals surface area contributed by atoms with Crippen LogP contribution in [0.5, 0.6) is 0 Å². The van der Waals surface area contributed by atoms with Gasteiger partial charge in [0.05, 0.1) is 12.1 Å². The molecule has 5 rings (SSSR count). The zero-order valence-corrected chi connectivity index (χ0v) is 18.2. The minimum atomic E-state index is -0.841. The third-order valence-corrected chi connectivity index (χ3v) is 6.45. The Hall–Kier alpha value is -3.09. The lowest BCUT2D eigenvalue weighted by atomic mass is 9.85. The van der Waals surface area contributed by atoms with Gasteiger partial charge in [-0.2, -0.15) is 0 Å². The summed E-state index contributed by atoms with van der Waals surface area (Å²) < 4.78 is 7.21. The number of fused-ring (bicyclic) bond motifs is 2. The molecule has 2 N–H and O–H groups in total. The summed E-state index contributed by atoms with van der Waals surface area (Å²) in [6.07, 6.45) is 6.17. The quantitative estimate of drug-likeness (QED) is 0.439. The van der Waals surface area contributed by atoms with Gasteiger partial charge in [-0.05, 0) is 55.3 Å². The van der Waals surface area contributed by atoms with Gasteiger partial charge in [0.2, 0.25) is 0 Å². The van der Waals surface area contributed by atoms with E-state index >= 15 is 0 Å². The second-order valence-corrected chi connectivity index (χ2v) is 8.98. The number of hydrogen-bond acceptors (Lipinski definition) is 4. The van der Waals surface area contributed by atoms with Crippen molar-refractivity contribution < 1.29 is 14.3 Å². The maximum absolute atomic E-state index is 13.1. The Balaban J connectivity index is 1.44. The van der Waals surface area contributed by atoms with Crippen molar-refractivity contribution in [3.8, 4) is 0 Å². The molecule has 32 heavy (non-hydrogen) atoms. The van der Waals surface area contributed by atoms with Crippen molar-refractivity contribution in [3.05, 3.63) is 75.9 Å². The number of pyridine rings is 1. The predicted molar refractivity (Wildman–Crippen MR) is 125 cm³/mol. The van der Waals surface area contributed by atoms with Gasteiger partial charge in [-0.1, -0.05) is 36.9 Å². The summed E-state index contributed by atoms with van der Waals surface area (Å²) in [6, 6.07) is 13.8. The molecule has 0 atom stereocenters. The monoisotopic (exact) mass is 450 g/mol. The summed E-state index contributed by atoms with van der Waals surface area (Å²) in [4.78, 5) is 25.9. The Bertz CT molecular complexity index is 1380. The Labute approximate surface area is 189 Å². The molecule has 164 valence electrons. The number of furan rings is 1. The Morgan fingerprint density at radius 3 is 2.72 bits per heavy atom. The van der Waals surface area contributed by atoms with Crippen molar-refractivity contribution in [3.63, 3.8) is 0 Å². The molecule has 2 aromatic carbocycles. The Morgan fingerprint density at radius 1 is 1.09 bits per heavy atom. The lowest BCUT2D eigenvalue weighted by Gasteiger charge is -2.32. The molecule has 2 heterocycles. The van der Waals surface area contributed by atoms with Crippen LogP contribution < -0.4 is 10.9 Å². The van der Waals surface area contributed by atoms with Crippen LogP contribution >= 0.6 is 11.6 Å². The molecule has 0 saturated heterocycles. The van der Waals surface area contributed by atoms with E-state index < -0.39 is 11.5 Å². The first kappa shape index (κ1) is 20.8. The number of carbonyl (C=O) groups is 1. The van der Waals surface area contributed by atoms with Gasteiger partial charge in [-0.3, -0.25) is 9.59 Å². The van der Waals surface area contributed by atoms with Crippen molar-refractivity contribution in [1.82, 2.24) is 4.57 Å². The lowest BCUT2D eigenvalue weighted by molar-refractivity contribution is -0.0121. The fraction of sp³-hybridized carbons (Fsp3) is 0.280. The van der Waals surface area contributed by atoms with Crippen molar-refractivity contribution in [2.75, 3.05) is 5.32 Å². The van der Waals surface area contributed by atoms with Crippen LogP contribution in [0.15, 0.2) is 63.9 Å². The first-order chi connectivity index (χ1) is 15.4. The second kappa shape index (κ2) is 8.11. The Morgan fingerprint density at radius 2 is 1.91 bits per heavy atom. The van der Waals surface area contributed by atoms with Gasteiger partial charge >= 0.3 is 0 Å². The molecule has 0 aliphatic heterocycles. The van der Waals surface area contributed by atoms with E-state index in [0.29, 0.717) is 39.9 Å². The highest BCUT2D eigenvalue weighted by atomic mass is 35.5. The van der Waals surface area contributed by atoms with Gasteiger partial charge in [-0.25, -0.2) is 0 Å². The minimum absolute atomic E-state index is 0.159. The van der Waals surface area contributed by atoms with Crippen LogP contribution in [0.3, 0.4) is 0 Å². The van der Waals surface area contributed by atoms with Gasteiger partial charge in [0.1, 0.15) is 5.58 Å². The topological polar surface area (TPSA) is 84.5 Å². The average molecular weight is 451 g/mol. The van der Waals surface area contributed by atoms with Crippen LogP contribution in [0.4, 0.5) is 5.69 Å². The lowest BCUT2D eigenvalue weighted by Crippen LogP contribution is -2.39. The number of nitrogens with one attached hydrogen (secondary N) is 1. The first-order valence-corrected chi connectivity index (χ1v) is 11.1. The maximum atomic E-state index is 13.1. The molecule has 7 heteroatoms. The average Bonchev–Trinajstić information content (AvgIpc) is 3.20. The first-order valence-electron chi connectivity index (χ1n) is 10.8. The van der Waals surface area contributed by atoms with Gasteiger partial charge in [0.25, 0.3) is 11.5 Å². The zero-order valence-electron chi connectivity index (χ0n) is 17.4. The SMILES string of the molecule is O=C(Nc1cccc2c(=O)n(CC3(O)CCCCC3)ccc12)c1cc2cc(Cl)ccc2o1. The van der Waals surface area contributed by atoms with E-state index in [-0.39, 0.29) is 17.9 Å². The standard InChI is InChI=1S/C25H23ClN2O4/c26-17-7-8-21-16(13-17)14-22(32-21)23(29)27-20-6-4-5-19-18(20)9-12-28(24(19)30)15-25(31)10-2-1-3-11-25/h4-9,12-14,31H,1-3,10-11,15H2,(H,27,29). The van der Waals surface area contributed by atoms with Crippen LogP contribution in [0.25, 0.3) is 21.7 Å². The molecule has 1 fully saturated rings. The molecule has 1 saturated carbocycles. The number of amides is 1. The van der Waals surface area contributed by atoms with Crippen molar-refractivity contribution >= 4 is 44.9 Å². The maximum Gasteiger partial charge on any atom is 0.291 e. The fourth-order valence-electron chi connectivity index (χ4n) is 4.55. The number of halogens is 1. The minimum Gasteiger partial charge on any atom is -0.451 e. The molecule has 1 aliphatic carbocycles. The van der Waals surface area contributed by atoms with E-state index in [4.69, 9.17) is 16.0 Å². The predicted octanol–water partition coefficient (Wildman–Crippen LogP) is 5.35. The summed E-state index contributed by atoms with van der Waals surface area (Å²) in [6.45, 7) is 0.278. The zero-order chi connectivity index (χ0) is 22.3. The molecule has 0 bridgehead atoms. The highest BCUT2D eigenvalue weighted by molar-refractivity contribution is 6.31. The molecule has 1 amide bonds. The summed E-state index contributed by atoms with van der Waals surface area (Å²) in [7, 11) is 0. The molecule has 0 unspecified atom stereocenters. The van der Waals surface area contributed by atoms with Crippen molar-refractivity contribution in [2.45, 2.75) is 44.2 Å². The van der Waals surface area contributed by atoms with E-state index in [1.54, 1.807) is 59.3 Å².